The molecule has 1 N–H and O–H groups in total. The highest BCUT2D eigenvalue weighted by molar-refractivity contribution is 7.87. The number of para-hydroxylation sites is 1. The van der Waals surface area contributed by atoms with Gasteiger partial charge in [-0.05, 0) is 56.0 Å². The normalized spacial score (nSPS) is 17.0. The smallest absolute Gasteiger partial charge is 0.282 e. The topological polar surface area (TPSA) is 69.7 Å². The molecule has 28 heavy (non-hydrogen) atoms. The van der Waals surface area contributed by atoms with Gasteiger partial charge in [0.15, 0.2) is 0 Å². The summed E-state index contributed by atoms with van der Waals surface area (Å²) in [5.41, 5.74) is 6.00. The SMILES string of the molecule is Cc1cc(C)c(CN2CCN(CC(=O)Nc3ccccc3C)S2(=O)=O)c(C)c1. The van der Waals surface area contributed by atoms with Gasteiger partial charge in [0.2, 0.25) is 5.91 Å². The van der Waals surface area contributed by atoms with Crippen molar-refractivity contribution in [1.82, 2.24) is 8.61 Å². The second-order valence-corrected chi connectivity index (χ2v) is 9.34. The van der Waals surface area contributed by atoms with Gasteiger partial charge in [-0.3, -0.25) is 4.79 Å². The fourth-order valence-corrected chi connectivity index (χ4v) is 5.16. The Hall–Kier alpha value is -2.22. The maximum absolute atomic E-state index is 12.9. The number of anilines is 1. The molecular formula is C21H27N3O3S. The first-order chi connectivity index (χ1) is 13.2. The van der Waals surface area contributed by atoms with Crippen molar-refractivity contribution < 1.29 is 13.2 Å². The van der Waals surface area contributed by atoms with Gasteiger partial charge in [-0.2, -0.15) is 17.0 Å². The molecule has 1 aliphatic rings. The number of rotatable bonds is 5. The summed E-state index contributed by atoms with van der Waals surface area (Å²) >= 11 is 0. The highest BCUT2D eigenvalue weighted by Gasteiger charge is 2.37. The average Bonchev–Trinajstić information content (AvgIpc) is 2.87. The Labute approximate surface area is 167 Å². The van der Waals surface area contributed by atoms with Crippen molar-refractivity contribution in [3.8, 4) is 0 Å². The van der Waals surface area contributed by atoms with Gasteiger partial charge in [0, 0.05) is 25.3 Å². The van der Waals surface area contributed by atoms with E-state index in [9.17, 15) is 13.2 Å². The zero-order chi connectivity index (χ0) is 20.5. The number of nitrogens with zero attached hydrogens (tertiary/aromatic N) is 2. The first-order valence-electron chi connectivity index (χ1n) is 9.36. The van der Waals surface area contributed by atoms with Crippen molar-refractivity contribution in [2.24, 2.45) is 0 Å². The summed E-state index contributed by atoms with van der Waals surface area (Å²) in [6, 6.07) is 11.6. The van der Waals surface area contributed by atoms with Gasteiger partial charge in [-0.1, -0.05) is 35.9 Å². The van der Waals surface area contributed by atoms with E-state index in [1.54, 1.807) is 6.07 Å². The number of hydrogen-bond acceptors (Lipinski definition) is 3. The lowest BCUT2D eigenvalue weighted by molar-refractivity contribution is -0.116. The Morgan fingerprint density at radius 1 is 0.964 bits per heavy atom. The molecule has 3 rings (SSSR count). The summed E-state index contributed by atoms with van der Waals surface area (Å²) in [6.45, 7) is 8.79. The molecular weight excluding hydrogens is 374 g/mol. The first-order valence-corrected chi connectivity index (χ1v) is 10.8. The predicted molar refractivity (Wildman–Crippen MR) is 111 cm³/mol. The predicted octanol–water partition coefficient (Wildman–Crippen LogP) is 2.92. The number of carbonyl (C=O) groups is 1. The summed E-state index contributed by atoms with van der Waals surface area (Å²) in [7, 11) is -3.66. The van der Waals surface area contributed by atoms with Crippen LogP contribution in [0.5, 0.6) is 0 Å². The maximum atomic E-state index is 12.9. The van der Waals surface area contributed by atoms with Crippen molar-refractivity contribution in [3.63, 3.8) is 0 Å². The van der Waals surface area contributed by atoms with E-state index in [-0.39, 0.29) is 12.5 Å². The first kappa shape index (κ1) is 20.5. The fourth-order valence-electron chi connectivity index (χ4n) is 3.64. The molecule has 1 fully saturated rings. The number of benzene rings is 2. The van der Waals surface area contributed by atoms with Gasteiger partial charge in [-0.15, -0.1) is 0 Å². The minimum Gasteiger partial charge on any atom is -0.325 e. The minimum atomic E-state index is -3.66. The molecule has 0 aliphatic carbocycles. The van der Waals surface area contributed by atoms with E-state index in [0.29, 0.717) is 25.3 Å². The van der Waals surface area contributed by atoms with Crippen LogP contribution in [-0.4, -0.2) is 42.6 Å². The van der Waals surface area contributed by atoms with Crippen LogP contribution in [0.15, 0.2) is 36.4 Å². The molecule has 150 valence electrons. The van der Waals surface area contributed by atoms with Crippen LogP contribution < -0.4 is 5.32 Å². The molecule has 0 radical (unpaired) electrons. The molecule has 1 saturated heterocycles. The molecule has 0 spiro atoms. The Balaban J connectivity index is 1.70. The van der Waals surface area contributed by atoms with Crippen molar-refractivity contribution in [2.45, 2.75) is 34.2 Å². The Morgan fingerprint density at radius 3 is 2.21 bits per heavy atom. The van der Waals surface area contributed by atoms with Crippen molar-refractivity contribution in [2.75, 3.05) is 25.0 Å². The van der Waals surface area contributed by atoms with Gasteiger partial charge in [0.25, 0.3) is 10.2 Å². The van der Waals surface area contributed by atoms with E-state index < -0.39 is 10.2 Å². The molecule has 2 aromatic rings. The summed E-state index contributed by atoms with van der Waals surface area (Å²) in [4.78, 5) is 12.4. The highest BCUT2D eigenvalue weighted by Crippen LogP contribution is 2.24. The van der Waals surface area contributed by atoms with E-state index in [0.717, 1.165) is 27.8 Å². The second kappa shape index (κ2) is 8.03. The van der Waals surface area contributed by atoms with Crippen LogP contribution in [0, 0.1) is 27.7 Å². The molecule has 1 amide bonds. The third kappa shape index (κ3) is 4.27. The summed E-state index contributed by atoms with van der Waals surface area (Å²) in [5, 5.41) is 2.80. The van der Waals surface area contributed by atoms with Gasteiger partial charge < -0.3 is 5.32 Å². The molecule has 2 aromatic carbocycles. The van der Waals surface area contributed by atoms with Gasteiger partial charge in [0.05, 0.1) is 6.54 Å². The third-order valence-corrected chi connectivity index (χ3v) is 7.09. The maximum Gasteiger partial charge on any atom is 0.282 e. The lowest BCUT2D eigenvalue weighted by atomic mass is 10.00. The Bertz CT molecular complexity index is 979. The van der Waals surface area contributed by atoms with Crippen molar-refractivity contribution in [1.29, 1.82) is 0 Å². The number of hydrogen-bond donors (Lipinski definition) is 1. The van der Waals surface area contributed by atoms with Crippen molar-refractivity contribution in [3.05, 3.63) is 64.2 Å². The van der Waals surface area contributed by atoms with E-state index in [2.05, 4.69) is 17.4 Å². The van der Waals surface area contributed by atoms with Gasteiger partial charge in [0.1, 0.15) is 0 Å². The van der Waals surface area contributed by atoms with Crippen LogP contribution in [0.4, 0.5) is 5.69 Å². The van der Waals surface area contributed by atoms with Crippen LogP contribution in [0.2, 0.25) is 0 Å². The quantitative estimate of drug-likeness (QED) is 0.838. The molecule has 7 heteroatoms. The summed E-state index contributed by atoms with van der Waals surface area (Å²) < 4.78 is 28.5. The molecule has 0 atom stereocenters. The average molecular weight is 402 g/mol. The lowest BCUT2D eigenvalue weighted by Crippen LogP contribution is -2.38. The molecule has 0 aromatic heterocycles. The summed E-state index contributed by atoms with van der Waals surface area (Å²) in [5.74, 6) is -0.331. The standard InChI is InChI=1S/C21H27N3O3S/c1-15-11-17(3)19(18(4)12-15)13-23-9-10-24(28(23,26)27)14-21(25)22-20-8-6-5-7-16(20)2/h5-8,11-12H,9-10,13-14H2,1-4H3,(H,22,25). The Kier molecular flexibility index (Phi) is 5.88. The van der Waals surface area contributed by atoms with Gasteiger partial charge >= 0.3 is 0 Å². The molecule has 0 unspecified atom stereocenters. The third-order valence-electron chi connectivity index (χ3n) is 5.17. The lowest BCUT2D eigenvalue weighted by Gasteiger charge is -2.20. The zero-order valence-electron chi connectivity index (χ0n) is 16.8. The van der Waals surface area contributed by atoms with E-state index in [1.165, 1.54) is 8.61 Å². The zero-order valence-corrected chi connectivity index (χ0v) is 17.6. The van der Waals surface area contributed by atoms with E-state index in [4.69, 9.17) is 0 Å². The van der Waals surface area contributed by atoms with Crippen LogP contribution in [0.3, 0.4) is 0 Å². The second-order valence-electron chi connectivity index (χ2n) is 7.42. The van der Waals surface area contributed by atoms with Crippen LogP contribution in [0.1, 0.15) is 27.8 Å². The van der Waals surface area contributed by atoms with E-state index in [1.807, 2.05) is 45.9 Å². The number of nitrogens with one attached hydrogen (secondary N) is 1. The van der Waals surface area contributed by atoms with Crippen LogP contribution in [0.25, 0.3) is 0 Å². The number of aryl methyl sites for hydroxylation is 4. The van der Waals surface area contributed by atoms with Gasteiger partial charge in [-0.25, -0.2) is 0 Å². The largest absolute Gasteiger partial charge is 0.325 e. The molecule has 1 aliphatic heterocycles. The fraction of sp³-hybridized carbons (Fsp3) is 0.381. The monoisotopic (exact) mass is 401 g/mol. The molecule has 1 heterocycles. The van der Waals surface area contributed by atoms with Crippen LogP contribution in [-0.2, 0) is 21.5 Å². The number of amides is 1. The van der Waals surface area contributed by atoms with E-state index >= 15 is 0 Å². The summed E-state index contributed by atoms with van der Waals surface area (Å²) in [6.07, 6.45) is 0. The minimum absolute atomic E-state index is 0.182. The number of carbonyl (C=O) groups excluding carboxylic acids is 1. The van der Waals surface area contributed by atoms with Crippen molar-refractivity contribution >= 4 is 21.8 Å². The molecule has 6 nitrogen and oxygen atoms in total. The van der Waals surface area contributed by atoms with Crippen LogP contribution >= 0.6 is 0 Å². The molecule has 0 bridgehead atoms. The molecule has 0 saturated carbocycles. The highest BCUT2D eigenvalue weighted by atomic mass is 32.2. The Morgan fingerprint density at radius 2 is 1.57 bits per heavy atom.